The van der Waals surface area contributed by atoms with E-state index in [9.17, 15) is 0 Å². The van der Waals surface area contributed by atoms with Crippen molar-refractivity contribution in [1.82, 2.24) is 0 Å². The smallest absolute Gasteiger partial charge is 0.143 e. The molecule has 0 saturated heterocycles. The number of nitrogens with zero attached hydrogens (tertiary/aromatic N) is 1. The Morgan fingerprint density at radius 3 is 1.52 bits per heavy atom. The van der Waals surface area contributed by atoms with Crippen molar-refractivity contribution in [2.75, 3.05) is 4.90 Å². The summed E-state index contributed by atoms with van der Waals surface area (Å²) in [5.41, 5.74) is 12.2. The van der Waals surface area contributed by atoms with Crippen molar-refractivity contribution in [3.63, 3.8) is 0 Å². The minimum absolute atomic E-state index is 0.885. The molecule has 2 heteroatoms. The van der Waals surface area contributed by atoms with Crippen molar-refractivity contribution < 1.29 is 4.42 Å². The molecule has 0 saturated carbocycles. The van der Waals surface area contributed by atoms with Gasteiger partial charge in [0.15, 0.2) is 0 Å². The summed E-state index contributed by atoms with van der Waals surface area (Å²) in [6.07, 6.45) is 0. The van der Waals surface area contributed by atoms with E-state index >= 15 is 0 Å². The highest BCUT2D eigenvalue weighted by Gasteiger charge is 2.23. The molecule has 0 spiro atoms. The van der Waals surface area contributed by atoms with Crippen molar-refractivity contribution >= 4 is 81.9 Å². The zero-order chi connectivity index (χ0) is 43.6. The molecule has 66 heavy (non-hydrogen) atoms. The average Bonchev–Trinajstić information content (AvgIpc) is 3.81. The predicted octanol–water partition coefficient (Wildman–Crippen LogP) is 18.3. The topological polar surface area (TPSA) is 16.4 Å². The van der Waals surface area contributed by atoms with Crippen LogP contribution in [-0.4, -0.2) is 0 Å². The van der Waals surface area contributed by atoms with Gasteiger partial charge in [-0.05, 0) is 107 Å². The van der Waals surface area contributed by atoms with E-state index in [2.05, 4.69) is 254 Å². The van der Waals surface area contributed by atoms with Crippen LogP contribution in [0, 0.1) is 0 Å². The summed E-state index contributed by atoms with van der Waals surface area (Å²) in [4.78, 5) is 2.42. The van der Waals surface area contributed by atoms with Gasteiger partial charge in [-0.1, -0.05) is 212 Å². The largest absolute Gasteiger partial charge is 0.455 e. The fourth-order valence-corrected chi connectivity index (χ4v) is 10.4. The van der Waals surface area contributed by atoms with Crippen molar-refractivity contribution in [3.8, 4) is 44.7 Å². The van der Waals surface area contributed by atoms with Crippen LogP contribution in [0.2, 0.25) is 0 Å². The normalized spacial score (nSPS) is 11.6. The molecule has 12 aromatic carbocycles. The van der Waals surface area contributed by atoms with Gasteiger partial charge in [-0.15, -0.1) is 0 Å². The number of benzene rings is 12. The van der Waals surface area contributed by atoms with E-state index in [1.807, 2.05) is 0 Å². The highest BCUT2D eigenvalue weighted by Crippen LogP contribution is 2.48. The molecule has 0 bridgehead atoms. The maximum Gasteiger partial charge on any atom is 0.143 e. The quantitative estimate of drug-likeness (QED) is 0.149. The van der Waals surface area contributed by atoms with Gasteiger partial charge >= 0.3 is 0 Å². The molecule has 0 radical (unpaired) electrons. The second-order valence-electron chi connectivity index (χ2n) is 17.2. The summed E-state index contributed by atoms with van der Waals surface area (Å²) in [5, 5.41) is 13.2. The Hall–Kier alpha value is -8.72. The van der Waals surface area contributed by atoms with Crippen molar-refractivity contribution in [2.45, 2.75) is 0 Å². The third kappa shape index (κ3) is 6.18. The van der Waals surface area contributed by atoms with Crippen LogP contribution in [0.15, 0.2) is 253 Å². The fraction of sp³-hybridized carbons (Fsp3) is 0. The number of furan rings is 1. The summed E-state index contributed by atoms with van der Waals surface area (Å²) >= 11 is 0. The molecule has 0 aliphatic heterocycles. The number of fused-ring (bicyclic) bond motifs is 10. The first-order valence-corrected chi connectivity index (χ1v) is 22.7. The highest BCUT2D eigenvalue weighted by molar-refractivity contribution is 6.29. The van der Waals surface area contributed by atoms with Crippen LogP contribution in [0.5, 0.6) is 0 Å². The number of anilines is 3. The molecule has 0 aliphatic carbocycles. The maximum atomic E-state index is 7.12. The summed E-state index contributed by atoms with van der Waals surface area (Å²) in [7, 11) is 0. The van der Waals surface area contributed by atoms with Crippen LogP contribution in [-0.2, 0) is 0 Å². The van der Waals surface area contributed by atoms with Crippen LogP contribution in [0.25, 0.3) is 110 Å². The van der Waals surface area contributed by atoms with Crippen molar-refractivity contribution in [2.24, 2.45) is 0 Å². The van der Waals surface area contributed by atoms with Crippen LogP contribution in [0.3, 0.4) is 0 Å². The molecule has 0 N–H and O–H groups in total. The van der Waals surface area contributed by atoms with E-state index in [4.69, 9.17) is 4.42 Å². The van der Waals surface area contributed by atoms with Crippen molar-refractivity contribution in [1.29, 1.82) is 0 Å². The number of hydrogen-bond donors (Lipinski definition) is 0. The van der Waals surface area contributed by atoms with Gasteiger partial charge in [0, 0.05) is 38.7 Å². The second kappa shape index (κ2) is 15.5. The van der Waals surface area contributed by atoms with Crippen LogP contribution >= 0.6 is 0 Å². The van der Waals surface area contributed by atoms with Gasteiger partial charge < -0.3 is 9.32 Å². The lowest BCUT2D eigenvalue weighted by atomic mass is 9.91. The molecule has 0 fully saturated rings. The molecule has 0 aliphatic rings. The van der Waals surface area contributed by atoms with Gasteiger partial charge in [-0.25, -0.2) is 0 Å². The van der Waals surface area contributed by atoms with Gasteiger partial charge in [0.05, 0.1) is 5.69 Å². The SMILES string of the molecule is c1ccc(-c2oc3c4cc(-c5ccc(N(c6ccc(-c7cccc8ccccc78)cc6)c6cc7ccccc7c7ccccc67)cc5)ccc4c4ccccc4c3c2-c2ccccc2)cc1. The molecule has 2 nitrogen and oxygen atoms in total. The van der Waals surface area contributed by atoms with Gasteiger partial charge in [-0.2, -0.15) is 0 Å². The first-order chi connectivity index (χ1) is 32.7. The molecule has 1 aromatic heterocycles. The number of hydrogen-bond acceptors (Lipinski definition) is 2. The third-order valence-electron chi connectivity index (χ3n) is 13.4. The molecular formula is C64H41NO. The Morgan fingerprint density at radius 2 is 0.803 bits per heavy atom. The molecule has 13 rings (SSSR count). The van der Waals surface area contributed by atoms with Crippen LogP contribution in [0.1, 0.15) is 0 Å². The van der Waals surface area contributed by atoms with E-state index < -0.39 is 0 Å². The summed E-state index contributed by atoms with van der Waals surface area (Å²) in [6.45, 7) is 0. The minimum Gasteiger partial charge on any atom is -0.455 e. The highest BCUT2D eigenvalue weighted by atomic mass is 16.3. The third-order valence-corrected chi connectivity index (χ3v) is 13.4. The summed E-state index contributed by atoms with van der Waals surface area (Å²) in [6, 6.07) is 90.0. The monoisotopic (exact) mass is 839 g/mol. The Kier molecular flexibility index (Phi) is 8.89. The van der Waals surface area contributed by atoms with E-state index in [1.165, 1.54) is 59.6 Å². The first-order valence-electron chi connectivity index (χ1n) is 22.7. The Balaban J connectivity index is 0.976. The summed E-state index contributed by atoms with van der Waals surface area (Å²) < 4.78 is 7.12. The standard InChI is InChI=1S/C64H41NO/c1-3-17-45(18-4-1)61-62-58-28-14-12-26-55(58)56-39-34-47(40-59(56)64(62)66-63(61)46-19-5-2-6-20-46)42-30-35-49(36-31-42)65(60-41-48-21-8-10-24-53(48)54-25-11-13-27-57(54)60)50-37-32-44(33-38-50)52-29-15-22-43-16-7-9-23-51(43)52/h1-41H. The first kappa shape index (κ1) is 37.8. The Labute approximate surface area is 382 Å². The zero-order valence-electron chi connectivity index (χ0n) is 36.0. The number of rotatable bonds is 7. The lowest BCUT2D eigenvalue weighted by molar-refractivity contribution is 0.636. The predicted molar refractivity (Wildman–Crippen MR) is 280 cm³/mol. The molecule has 13 aromatic rings. The van der Waals surface area contributed by atoms with Crippen LogP contribution in [0.4, 0.5) is 17.1 Å². The van der Waals surface area contributed by atoms with Crippen molar-refractivity contribution in [3.05, 3.63) is 249 Å². The summed E-state index contributed by atoms with van der Waals surface area (Å²) in [5.74, 6) is 0.885. The fourth-order valence-electron chi connectivity index (χ4n) is 10.4. The lowest BCUT2D eigenvalue weighted by Crippen LogP contribution is -2.10. The minimum atomic E-state index is 0.885. The Bertz CT molecular complexity index is 3960. The molecule has 0 unspecified atom stereocenters. The average molecular weight is 840 g/mol. The van der Waals surface area contributed by atoms with Crippen LogP contribution < -0.4 is 4.90 Å². The molecule has 0 atom stereocenters. The van der Waals surface area contributed by atoms with Gasteiger partial charge in [-0.3, -0.25) is 0 Å². The van der Waals surface area contributed by atoms with Gasteiger partial charge in [0.1, 0.15) is 11.3 Å². The molecule has 308 valence electrons. The molecule has 1 heterocycles. The van der Waals surface area contributed by atoms with E-state index in [1.54, 1.807) is 0 Å². The van der Waals surface area contributed by atoms with E-state index in [-0.39, 0.29) is 0 Å². The lowest BCUT2D eigenvalue weighted by Gasteiger charge is -2.28. The van der Waals surface area contributed by atoms with E-state index in [0.717, 1.165) is 67.0 Å². The second-order valence-corrected chi connectivity index (χ2v) is 17.2. The molecule has 0 amide bonds. The van der Waals surface area contributed by atoms with Gasteiger partial charge in [0.2, 0.25) is 0 Å². The Morgan fingerprint density at radius 1 is 0.288 bits per heavy atom. The van der Waals surface area contributed by atoms with Gasteiger partial charge in [0.25, 0.3) is 0 Å². The zero-order valence-corrected chi connectivity index (χ0v) is 36.0. The molecular weight excluding hydrogens is 799 g/mol. The van der Waals surface area contributed by atoms with E-state index in [0.29, 0.717) is 0 Å². The maximum absolute atomic E-state index is 7.12.